The van der Waals surface area contributed by atoms with Crippen molar-refractivity contribution < 1.29 is 16.8 Å². The molecule has 0 bridgehead atoms. The minimum absolute atomic E-state index is 0.116. The zero-order valence-electron chi connectivity index (χ0n) is 8.86. The zero-order chi connectivity index (χ0) is 13.3. The first-order chi connectivity index (χ1) is 7.67. The second kappa shape index (κ2) is 4.34. The van der Waals surface area contributed by atoms with Gasteiger partial charge in [0.2, 0.25) is 16.0 Å². The molecule has 0 fully saturated rings. The molecule has 0 aromatic heterocycles. The summed E-state index contributed by atoms with van der Waals surface area (Å²) in [5, 5.41) is 7.06. The third-order valence-corrected chi connectivity index (χ3v) is 5.46. The van der Waals surface area contributed by atoms with Crippen molar-refractivity contribution in [3.8, 4) is 0 Å². The zero-order valence-corrected chi connectivity index (χ0v) is 10.5. The summed E-state index contributed by atoms with van der Waals surface area (Å²) < 4.78 is 46.4. The van der Waals surface area contributed by atoms with Crippen molar-refractivity contribution in [2.75, 3.05) is 6.26 Å². The molecule has 0 saturated heterocycles. The van der Waals surface area contributed by atoms with Gasteiger partial charge in [0.15, 0.2) is 0 Å². The normalized spacial score (nSPS) is 12.1. The van der Waals surface area contributed by atoms with E-state index in [4.69, 9.17) is 11.1 Å². The Labute approximate surface area is 99.5 Å². The highest BCUT2D eigenvalue weighted by Gasteiger charge is 2.33. The average Bonchev–Trinajstić information content (AvgIpc) is 2.15. The van der Waals surface area contributed by atoms with Crippen LogP contribution in [0, 0.1) is 5.41 Å². The van der Waals surface area contributed by atoms with Gasteiger partial charge in [0.05, 0.1) is 11.2 Å². The number of guanidine groups is 1. The topological polar surface area (TPSA) is 121 Å². The van der Waals surface area contributed by atoms with Crippen molar-refractivity contribution in [1.82, 2.24) is 3.71 Å². The Hall–Kier alpha value is -1.61. The van der Waals surface area contributed by atoms with E-state index in [0.717, 1.165) is 0 Å². The molecule has 0 aliphatic rings. The number of hydrogen-bond acceptors (Lipinski definition) is 5. The van der Waals surface area contributed by atoms with Gasteiger partial charge in [-0.15, -0.1) is 3.71 Å². The van der Waals surface area contributed by atoms with Crippen LogP contribution in [0.5, 0.6) is 0 Å². The second-order valence-corrected chi connectivity index (χ2v) is 7.01. The monoisotopic (exact) mass is 277 g/mol. The van der Waals surface area contributed by atoms with Gasteiger partial charge >= 0.3 is 0 Å². The van der Waals surface area contributed by atoms with Gasteiger partial charge in [0.1, 0.15) is 0 Å². The predicted molar refractivity (Wildman–Crippen MR) is 62.2 cm³/mol. The first-order valence-electron chi connectivity index (χ1n) is 4.32. The van der Waals surface area contributed by atoms with Gasteiger partial charge in [-0.1, -0.05) is 18.2 Å². The quantitative estimate of drug-likeness (QED) is 0.571. The Morgan fingerprint density at radius 3 is 2.00 bits per heavy atom. The van der Waals surface area contributed by atoms with Gasteiger partial charge in [0, 0.05) is 0 Å². The summed E-state index contributed by atoms with van der Waals surface area (Å²) in [7, 11) is -8.54. The Balaban J connectivity index is 3.46. The Morgan fingerprint density at radius 2 is 1.65 bits per heavy atom. The molecule has 9 heteroatoms. The Kier molecular flexibility index (Phi) is 3.43. The lowest BCUT2D eigenvalue weighted by Crippen LogP contribution is -2.44. The number of rotatable bonds is 3. The highest BCUT2D eigenvalue weighted by Crippen LogP contribution is 2.17. The summed E-state index contributed by atoms with van der Waals surface area (Å²) in [4.78, 5) is -0.249. The number of sulfonamides is 2. The van der Waals surface area contributed by atoms with Crippen LogP contribution in [-0.2, 0) is 20.0 Å². The van der Waals surface area contributed by atoms with Crippen molar-refractivity contribution in [3.05, 3.63) is 30.3 Å². The lowest BCUT2D eigenvalue weighted by Gasteiger charge is -2.19. The molecule has 94 valence electrons. The van der Waals surface area contributed by atoms with E-state index in [9.17, 15) is 16.8 Å². The highest BCUT2D eigenvalue weighted by molar-refractivity contribution is 8.04. The summed E-state index contributed by atoms with van der Waals surface area (Å²) in [5.74, 6) is -1.07. The van der Waals surface area contributed by atoms with Crippen LogP contribution in [-0.4, -0.2) is 32.8 Å². The minimum Gasteiger partial charge on any atom is -0.368 e. The molecular weight excluding hydrogens is 266 g/mol. The molecule has 0 amide bonds. The third kappa shape index (κ3) is 2.74. The third-order valence-electron chi connectivity index (χ3n) is 1.76. The van der Waals surface area contributed by atoms with E-state index in [1.54, 1.807) is 6.07 Å². The molecule has 1 aromatic carbocycles. The molecule has 0 atom stereocenters. The molecule has 0 aliphatic heterocycles. The summed E-state index contributed by atoms with van der Waals surface area (Å²) in [5.41, 5.74) is 5.00. The van der Waals surface area contributed by atoms with Crippen LogP contribution in [0.1, 0.15) is 0 Å². The Bertz CT molecular complexity index is 622. The molecule has 1 rings (SSSR count). The first kappa shape index (κ1) is 13.5. The van der Waals surface area contributed by atoms with E-state index in [0.29, 0.717) is 6.26 Å². The lowest BCUT2D eigenvalue weighted by molar-refractivity contribution is 0.548. The fourth-order valence-electron chi connectivity index (χ4n) is 1.17. The van der Waals surface area contributed by atoms with E-state index in [1.165, 1.54) is 24.3 Å². The first-order valence-corrected chi connectivity index (χ1v) is 7.61. The molecule has 7 nitrogen and oxygen atoms in total. The number of nitrogens with two attached hydrogens (primary N) is 1. The molecule has 3 N–H and O–H groups in total. The maximum Gasteiger partial charge on any atom is 0.279 e. The van der Waals surface area contributed by atoms with Crippen molar-refractivity contribution in [1.29, 1.82) is 5.41 Å². The van der Waals surface area contributed by atoms with Crippen LogP contribution in [0.3, 0.4) is 0 Å². The van der Waals surface area contributed by atoms with E-state index in [-0.39, 0.29) is 8.61 Å². The highest BCUT2D eigenvalue weighted by atomic mass is 32.3. The van der Waals surface area contributed by atoms with Gasteiger partial charge in [-0.2, -0.15) is 8.42 Å². The van der Waals surface area contributed by atoms with Crippen LogP contribution in [0.15, 0.2) is 35.2 Å². The molecule has 0 saturated carbocycles. The largest absolute Gasteiger partial charge is 0.368 e. The van der Waals surface area contributed by atoms with Gasteiger partial charge < -0.3 is 5.73 Å². The maximum absolute atomic E-state index is 11.9. The lowest BCUT2D eigenvalue weighted by atomic mass is 10.4. The SMILES string of the molecule is CS(=O)(=O)N(C(=N)N)S(=O)(=O)c1ccccc1. The van der Waals surface area contributed by atoms with E-state index < -0.39 is 26.0 Å². The molecule has 17 heavy (non-hydrogen) atoms. The summed E-state index contributed by atoms with van der Waals surface area (Å²) in [6.45, 7) is 0. The number of hydrogen-bond donors (Lipinski definition) is 2. The van der Waals surface area contributed by atoms with E-state index in [2.05, 4.69) is 0 Å². The average molecular weight is 277 g/mol. The van der Waals surface area contributed by atoms with Crippen LogP contribution >= 0.6 is 0 Å². The summed E-state index contributed by atoms with van der Waals surface area (Å²) >= 11 is 0. The van der Waals surface area contributed by atoms with Crippen LogP contribution in [0.25, 0.3) is 0 Å². The van der Waals surface area contributed by atoms with Crippen molar-refractivity contribution in [2.24, 2.45) is 5.73 Å². The second-order valence-electron chi connectivity index (χ2n) is 3.16. The van der Waals surface area contributed by atoms with Crippen LogP contribution in [0.4, 0.5) is 0 Å². The molecule has 0 heterocycles. The molecule has 1 aromatic rings. The van der Waals surface area contributed by atoms with Gasteiger partial charge in [-0.25, -0.2) is 8.42 Å². The van der Waals surface area contributed by atoms with E-state index >= 15 is 0 Å². The fourth-order valence-corrected chi connectivity index (χ4v) is 4.17. The number of nitrogens with one attached hydrogen (secondary N) is 1. The molecular formula is C8H11N3O4S2. The van der Waals surface area contributed by atoms with Gasteiger partial charge in [0.25, 0.3) is 10.0 Å². The van der Waals surface area contributed by atoms with Crippen molar-refractivity contribution >= 4 is 26.0 Å². The van der Waals surface area contributed by atoms with Gasteiger partial charge in [-0.05, 0) is 12.1 Å². The smallest absolute Gasteiger partial charge is 0.279 e. The predicted octanol–water partition coefficient (Wildman–Crippen LogP) is -0.470. The number of benzene rings is 1. The molecule has 0 spiro atoms. The fraction of sp³-hybridized carbons (Fsp3) is 0.125. The Morgan fingerprint density at radius 1 is 1.18 bits per heavy atom. The summed E-state index contributed by atoms with van der Waals surface area (Å²) in [6.07, 6.45) is 0.662. The van der Waals surface area contributed by atoms with Crippen LogP contribution < -0.4 is 5.73 Å². The number of nitrogens with zero attached hydrogens (tertiary/aromatic N) is 1. The molecule has 0 aliphatic carbocycles. The van der Waals surface area contributed by atoms with Crippen molar-refractivity contribution in [3.63, 3.8) is 0 Å². The van der Waals surface area contributed by atoms with Gasteiger partial charge in [-0.3, -0.25) is 5.41 Å². The van der Waals surface area contributed by atoms with Crippen molar-refractivity contribution in [2.45, 2.75) is 4.90 Å². The van der Waals surface area contributed by atoms with E-state index in [1.807, 2.05) is 0 Å². The van der Waals surface area contributed by atoms with Crippen LogP contribution in [0.2, 0.25) is 0 Å². The maximum atomic E-state index is 11.9. The minimum atomic E-state index is -4.36. The molecule has 0 unspecified atom stereocenters. The molecule has 0 radical (unpaired) electrons. The standard InChI is InChI=1S/C8H11N3O4S2/c1-16(12,13)11(8(9)10)17(14,15)7-5-3-2-4-6-7/h2-6H,1H3,(H3,9,10). The summed E-state index contributed by atoms with van der Waals surface area (Å²) in [6, 6.07) is 6.89.